The fourth-order valence-electron chi connectivity index (χ4n) is 1.44. The lowest BCUT2D eigenvalue weighted by Crippen LogP contribution is -2.32. The molecule has 0 unspecified atom stereocenters. The molecule has 0 saturated carbocycles. The van der Waals surface area contributed by atoms with Crippen LogP contribution in [0.5, 0.6) is 5.75 Å². The van der Waals surface area contributed by atoms with Gasteiger partial charge in [-0.15, -0.1) is 0 Å². The predicted molar refractivity (Wildman–Crippen MR) is 54.2 cm³/mol. The first-order valence-electron chi connectivity index (χ1n) is 4.43. The molecule has 0 atom stereocenters. The molecule has 0 spiro atoms. The normalized spacial score (nSPS) is 10.3. The Labute approximate surface area is 90.3 Å². The van der Waals surface area contributed by atoms with E-state index in [-0.39, 0.29) is 11.1 Å². The molecule has 2 rings (SSSR count). The molecule has 1 heterocycles. The number of aromatic nitrogens is 2. The summed E-state index contributed by atoms with van der Waals surface area (Å²) in [5, 5.41) is 24.1. The number of hydrogen-bond donors (Lipinski definition) is 1. The average molecular weight is 220 g/mol. The van der Waals surface area contributed by atoms with E-state index in [4.69, 9.17) is 9.84 Å². The number of fused-ring (bicyclic) bond motifs is 1. The standard InChI is InChI=1S/C10H8N2O4/c1-16-6-2-3-7-8(10(13)14)5-11-12(15)9(7)4-6/h2-5H,1H3,(H,13,14). The summed E-state index contributed by atoms with van der Waals surface area (Å²) >= 11 is 0. The monoisotopic (exact) mass is 220 g/mol. The lowest BCUT2D eigenvalue weighted by Gasteiger charge is -2.03. The van der Waals surface area contributed by atoms with Gasteiger partial charge in [0.2, 0.25) is 0 Å². The number of carboxylic acids is 1. The van der Waals surface area contributed by atoms with Crippen LogP contribution in [0.15, 0.2) is 24.4 Å². The molecule has 1 aromatic carbocycles. The van der Waals surface area contributed by atoms with Gasteiger partial charge in [-0.05, 0) is 17.0 Å². The zero-order valence-corrected chi connectivity index (χ0v) is 8.38. The van der Waals surface area contributed by atoms with E-state index in [9.17, 15) is 10.0 Å². The van der Waals surface area contributed by atoms with Crippen molar-refractivity contribution in [3.05, 3.63) is 35.2 Å². The fourth-order valence-corrected chi connectivity index (χ4v) is 1.44. The molecule has 0 aliphatic heterocycles. The number of aromatic carboxylic acids is 1. The van der Waals surface area contributed by atoms with E-state index in [1.807, 2.05) is 0 Å². The van der Waals surface area contributed by atoms with Gasteiger partial charge in [-0.3, -0.25) is 0 Å². The van der Waals surface area contributed by atoms with Gasteiger partial charge in [0.1, 0.15) is 11.9 Å². The third-order valence-electron chi connectivity index (χ3n) is 2.22. The highest BCUT2D eigenvalue weighted by atomic mass is 16.5. The second-order valence-electron chi connectivity index (χ2n) is 3.12. The summed E-state index contributed by atoms with van der Waals surface area (Å²) in [4.78, 5) is 11.3. The molecular formula is C10H8N2O4. The number of carboxylic acid groups (broad SMARTS) is 1. The highest BCUT2D eigenvalue weighted by Crippen LogP contribution is 2.20. The second-order valence-corrected chi connectivity index (χ2v) is 3.12. The number of rotatable bonds is 2. The molecule has 0 aliphatic carbocycles. The molecule has 0 bridgehead atoms. The van der Waals surface area contributed by atoms with Crippen molar-refractivity contribution < 1.29 is 19.5 Å². The molecule has 0 fully saturated rings. The number of nitrogens with zero attached hydrogens (tertiary/aromatic N) is 2. The highest BCUT2D eigenvalue weighted by Gasteiger charge is 2.16. The summed E-state index contributed by atoms with van der Waals surface area (Å²) in [6.45, 7) is 0. The van der Waals surface area contributed by atoms with Crippen LogP contribution >= 0.6 is 0 Å². The van der Waals surface area contributed by atoms with Crippen molar-refractivity contribution in [2.24, 2.45) is 0 Å². The van der Waals surface area contributed by atoms with Crippen LogP contribution in [0, 0.1) is 5.21 Å². The first kappa shape index (κ1) is 10.2. The summed E-state index contributed by atoms with van der Waals surface area (Å²) < 4.78 is 4.95. The van der Waals surface area contributed by atoms with Crippen LogP contribution in [-0.4, -0.2) is 23.3 Å². The van der Waals surface area contributed by atoms with Crippen LogP contribution in [0.25, 0.3) is 10.9 Å². The Bertz CT molecular complexity index is 568. The van der Waals surface area contributed by atoms with E-state index >= 15 is 0 Å². The van der Waals surface area contributed by atoms with Gasteiger partial charge in [-0.1, -0.05) is 0 Å². The molecule has 0 aliphatic rings. The zero-order chi connectivity index (χ0) is 11.7. The maximum atomic E-state index is 11.4. The summed E-state index contributed by atoms with van der Waals surface area (Å²) in [5.74, 6) is -0.648. The minimum Gasteiger partial charge on any atom is -0.594 e. The minimum absolute atomic E-state index is 0.00949. The second kappa shape index (κ2) is 3.65. The van der Waals surface area contributed by atoms with Gasteiger partial charge in [0.15, 0.2) is 0 Å². The Kier molecular flexibility index (Phi) is 2.32. The zero-order valence-electron chi connectivity index (χ0n) is 8.38. The van der Waals surface area contributed by atoms with Gasteiger partial charge in [0, 0.05) is 5.10 Å². The maximum Gasteiger partial charge on any atom is 0.338 e. The number of methoxy groups -OCH3 is 1. The molecule has 0 saturated heterocycles. The number of benzene rings is 1. The molecule has 1 N–H and O–H groups in total. The third kappa shape index (κ3) is 1.50. The van der Waals surface area contributed by atoms with Gasteiger partial charge in [0.25, 0.3) is 5.52 Å². The van der Waals surface area contributed by atoms with Gasteiger partial charge in [0.05, 0.1) is 24.1 Å². The number of hydrogen-bond acceptors (Lipinski definition) is 4. The van der Waals surface area contributed by atoms with Crippen LogP contribution < -0.4 is 9.58 Å². The first-order chi connectivity index (χ1) is 7.63. The Balaban J connectivity index is 2.80. The molecule has 6 heteroatoms. The first-order valence-corrected chi connectivity index (χ1v) is 4.43. The summed E-state index contributed by atoms with van der Waals surface area (Å²) in [7, 11) is 1.46. The van der Waals surface area contributed by atoms with Gasteiger partial charge >= 0.3 is 5.97 Å². The SMILES string of the molecule is COc1ccc2c(C(=O)O)cn[n+]([O-])c2c1. The Morgan fingerprint density at radius 3 is 2.94 bits per heavy atom. The molecule has 82 valence electrons. The Morgan fingerprint density at radius 1 is 1.56 bits per heavy atom. The largest absolute Gasteiger partial charge is 0.594 e. The fraction of sp³-hybridized carbons (Fsp3) is 0.100. The van der Waals surface area contributed by atoms with Crippen molar-refractivity contribution in [2.75, 3.05) is 7.11 Å². The molecule has 16 heavy (non-hydrogen) atoms. The van der Waals surface area contributed by atoms with E-state index in [1.54, 1.807) is 6.07 Å². The molecule has 2 aromatic rings. The number of carbonyl (C=O) groups is 1. The van der Waals surface area contributed by atoms with Crippen molar-refractivity contribution in [3.63, 3.8) is 0 Å². The summed E-state index contributed by atoms with van der Waals surface area (Å²) in [5.41, 5.74) is 0.156. The van der Waals surface area contributed by atoms with Crippen molar-refractivity contribution in [1.82, 2.24) is 5.10 Å². The van der Waals surface area contributed by atoms with Crippen LogP contribution in [0.2, 0.25) is 0 Å². The van der Waals surface area contributed by atoms with E-state index in [2.05, 4.69) is 5.10 Å². The van der Waals surface area contributed by atoms with E-state index < -0.39 is 5.97 Å². The predicted octanol–water partition coefficient (Wildman–Crippen LogP) is 0.575. The van der Waals surface area contributed by atoms with Gasteiger partial charge in [-0.2, -0.15) is 0 Å². The van der Waals surface area contributed by atoms with Crippen molar-refractivity contribution in [2.45, 2.75) is 0 Å². The number of ether oxygens (including phenoxy) is 1. The van der Waals surface area contributed by atoms with Gasteiger partial charge < -0.3 is 15.1 Å². The topological polar surface area (TPSA) is 86.4 Å². The van der Waals surface area contributed by atoms with Gasteiger partial charge in [-0.25, -0.2) is 4.79 Å². The average Bonchev–Trinajstić information content (AvgIpc) is 2.29. The van der Waals surface area contributed by atoms with Crippen LogP contribution in [0.1, 0.15) is 10.4 Å². The molecule has 1 aromatic heterocycles. The smallest absolute Gasteiger partial charge is 0.338 e. The molecule has 0 radical (unpaired) electrons. The van der Waals surface area contributed by atoms with Crippen LogP contribution in [-0.2, 0) is 0 Å². The van der Waals surface area contributed by atoms with Crippen molar-refractivity contribution >= 4 is 16.9 Å². The Morgan fingerprint density at radius 2 is 2.31 bits per heavy atom. The maximum absolute atomic E-state index is 11.4. The molecule has 6 nitrogen and oxygen atoms in total. The van der Waals surface area contributed by atoms with Crippen molar-refractivity contribution in [3.8, 4) is 5.75 Å². The van der Waals surface area contributed by atoms with Crippen LogP contribution in [0.3, 0.4) is 0 Å². The lowest BCUT2D eigenvalue weighted by atomic mass is 10.1. The Hall–Kier alpha value is -2.37. The van der Waals surface area contributed by atoms with Crippen LogP contribution in [0.4, 0.5) is 0 Å². The lowest BCUT2D eigenvalue weighted by molar-refractivity contribution is -0.642. The summed E-state index contributed by atoms with van der Waals surface area (Å²) in [6.07, 6.45) is 1.03. The summed E-state index contributed by atoms with van der Waals surface area (Å²) in [6, 6.07) is 4.56. The minimum atomic E-state index is -1.12. The molecule has 0 amide bonds. The quantitative estimate of drug-likeness (QED) is 0.590. The molecular weight excluding hydrogens is 212 g/mol. The van der Waals surface area contributed by atoms with E-state index in [0.29, 0.717) is 16.0 Å². The third-order valence-corrected chi connectivity index (χ3v) is 2.22. The van der Waals surface area contributed by atoms with E-state index in [0.717, 1.165) is 6.20 Å². The van der Waals surface area contributed by atoms with E-state index in [1.165, 1.54) is 19.2 Å². The van der Waals surface area contributed by atoms with Crippen molar-refractivity contribution in [1.29, 1.82) is 0 Å². The highest BCUT2D eigenvalue weighted by molar-refractivity contribution is 6.01.